The molecule has 0 N–H and O–H groups in total. The summed E-state index contributed by atoms with van der Waals surface area (Å²) in [6, 6.07) is 7.63. The fraction of sp³-hybridized carbons (Fsp3) is 0.211. The van der Waals surface area contributed by atoms with Crippen molar-refractivity contribution in [3.63, 3.8) is 0 Å². The number of para-hydroxylation sites is 1. The zero-order valence-corrected chi connectivity index (χ0v) is 14.8. The molecule has 0 spiro atoms. The fourth-order valence-corrected chi connectivity index (χ4v) is 2.29. The molecule has 2 aromatic carbocycles. The molecule has 0 saturated heterocycles. The van der Waals surface area contributed by atoms with Crippen LogP contribution in [0.4, 0.5) is 13.2 Å². The molecular formula is C19H17F3O5. The number of hydrogen-bond acceptors (Lipinski definition) is 5. The predicted molar refractivity (Wildman–Crippen MR) is 92.2 cm³/mol. The summed E-state index contributed by atoms with van der Waals surface area (Å²) < 4.78 is 59.2. The summed E-state index contributed by atoms with van der Waals surface area (Å²) in [5.74, 6) is -0.414. The first-order chi connectivity index (χ1) is 12.8. The molecule has 0 atom stereocenters. The number of methoxy groups -OCH3 is 3. The lowest BCUT2D eigenvalue weighted by Crippen LogP contribution is -2.11. The number of esters is 1. The van der Waals surface area contributed by atoms with E-state index in [0.717, 1.165) is 18.2 Å². The second-order valence-corrected chi connectivity index (χ2v) is 5.21. The Bertz CT molecular complexity index is 818. The maximum atomic E-state index is 12.9. The minimum absolute atomic E-state index is 0.368. The summed E-state index contributed by atoms with van der Waals surface area (Å²) >= 11 is 0. The lowest BCUT2D eigenvalue weighted by molar-refractivity contribution is -0.140. The van der Waals surface area contributed by atoms with Gasteiger partial charge in [0.25, 0.3) is 0 Å². The second-order valence-electron chi connectivity index (χ2n) is 5.21. The van der Waals surface area contributed by atoms with E-state index in [1.165, 1.54) is 39.5 Å². The van der Waals surface area contributed by atoms with Crippen molar-refractivity contribution >= 4 is 12.0 Å². The molecule has 0 aromatic heterocycles. The van der Waals surface area contributed by atoms with Crippen LogP contribution in [0.15, 0.2) is 42.5 Å². The van der Waals surface area contributed by atoms with Crippen molar-refractivity contribution in [3.8, 4) is 23.0 Å². The van der Waals surface area contributed by atoms with Crippen LogP contribution in [0.25, 0.3) is 6.08 Å². The van der Waals surface area contributed by atoms with Crippen molar-refractivity contribution in [3.05, 3.63) is 53.6 Å². The molecule has 0 fully saturated rings. The van der Waals surface area contributed by atoms with E-state index in [1.807, 2.05) is 0 Å². The van der Waals surface area contributed by atoms with Gasteiger partial charge in [0.05, 0.1) is 26.9 Å². The average molecular weight is 382 g/mol. The number of carbonyl (C=O) groups is 1. The summed E-state index contributed by atoms with van der Waals surface area (Å²) in [4.78, 5) is 11.9. The molecule has 0 aliphatic rings. The Morgan fingerprint density at radius 3 is 2.04 bits per heavy atom. The third kappa shape index (κ3) is 4.93. The van der Waals surface area contributed by atoms with Crippen LogP contribution >= 0.6 is 0 Å². The molecule has 0 saturated carbocycles. The van der Waals surface area contributed by atoms with Crippen LogP contribution in [0.5, 0.6) is 23.0 Å². The molecular weight excluding hydrogens is 365 g/mol. The monoisotopic (exact) mass is 382 g/mol. The SMILES string of the molecule is COc1cc(/C=C/C(=O)Oc2ccccc2C(F)(F)F)cc(OC)c1OC. The molecule has 0 bridgehead atoms. The van der Waals surface area contributed by atoms with Gasteiger partial charge in [-0.05, 0) is 35.9 Å². The van der Waals surface area contributed by atoms with Crippen LogP contribution in [-0.2, 0) is 11.0 Å². The Kier molecular flexibility index (Phi) is 6.33. The highest BCUT2D eigenvalue weighted by molar-refractivity contribution is 5.89. The van der Waals surface area contributed by atoms with Crippen LogP contribution < -0.4 is 18.9 Å². The van der Waals surface area contributed by atoms with Crippen LogP contribution in [0.1, 0.15) is 11.1 Å². The summed E-state index contributed by atoms with van der Waals surface area (Å²) in [7, 11) is 4.32. The van der Waals surface area contributed by atoms with Gasteiger partial charge in [-0.2, -0.15) is 13.2 Å². The Hall–Kier alpha value is -3.16. The number of carbonyl (C=O) groups excluding carboxylic acids is 1. The van der Waals surface area contributed by atoms with E-state index in [2.05, 4.69) is 0 Å². The van der Waals surface area contributed by atoms with Crippen LogP contribution in [-0.4, -0.2) is 27.3 Å². The van der Waals surface area contributed by atoms with E-state index >= 15 is 0 Å². The molecule has 0 aliphatic carbocycles. The third-order valence-corrected chi connectivity index (χ3v) is 3.50. The molecule has 2 aromatic rings. The second kappa shape index (κ2) is 8.48. The van der Waals surface area contributed by atoms with Crippen molar-refractivity contribution in [1.82, 2.24) is 0 Å². The summed E-state index contributed by atoms with van der Waals surface area (Å²) in [6.07, 6.45) is -2.26. The van der Waals surface area contributed by atoms with Crippen LogP contribution in [0, 0.1) is 0 Å². The lowest BCUT2D eigenvalue weighted by Gasteiger charge is -2.13. The van der Waals surface area contributed by atoms with Crippen molar-refractivity contribution in [2.75, 3.05) is 21.3 Å². The fourth-order valence-electron chi connectivity index (χ4n) is 2.29. The number of ether oxygens (including phenoxy) is 4. The van der Waals surface area contributed by atoms with E-state index in [4.69, 9.17) is 18.9 Å². The van der Waals surface area contributed by atoms with E-state index < -0.39 is 23.5 Å². The highest BCUT2D eigenvalue weighted by Gasteiger charge is 2.34. The van der Waals surface area contributed by atoms with Crippen LogP contribution in [0.3, 0.4) is 0 Å². The Morgan fingerprint density at radius 1 is 0.926 bits per heavy atom. The van der Waals surface area contributed by atoms with Gasteiger partial charge in [0, 0.05) is 6.08 Å². The minimum atomic E-state index is -4.63. The molecule has 27 heavy (non-hydrogen) atoms. The Balaban J connectivity index is 2.23. The first kappa shape index (κ1) is 20.2. The number of halogens is 3. The number of alkyl halides is 3. The topological polar surface area (TPSA) is 54.0 Å². The van der Waals surface area contributed by atoms with Gasteiger partial charge in [-0.25, -0.2) is 4.79 Å². The molecule has 0 radical (unpaired) electrons. The molecule has 5 nitrogen and oxygen atoms in total. The molecule has 0 amide bonds. The third-order valence-electron chi connectivity index (χ3n) is 3.50. The Labute approximate surface area is 153 Å². The van der Waals surface area contributed by atoms with Crippen molar-refractivity contribution in [1.29, 1.82) is 0 Å². The van der Waals surface area contributed by atoms with E-state index in [9.17, 15) is 18.0 Å². The maximum Gasteiger partial charge on any atom is 0.419 e. The number of rotatable bonds is 6. The number of hydrogen-bond donors (Lipinski definition) is 0. The van der Waals surface area contributed by atoms with Crippen molar-refractivity contribution in [2.24, 2.45) is 0 Å². The van der Waals surface area contributed by atoms with Gasteiger partial charge >= 0.3 is 12.1 Å². The minimum Gasteiger partial charge on any atom is -0.493 e. The largest absolute Gasteiger partial charge is 0.493 e. The summed E-state index contributed by atoms with van der Waals surface area (Å²) in [5, 5.41) is 0. The lowest BCUT2D eigenvalue weighted by atomic mass is 10.1. The molecule has 144 valence electrons. The van der Waals surface area contributed by atoms with E-state index in [-0.39, 0.29) is 0 Å². The average Bonchev–Trinajstić information content (AvgIpc) is 2.64. The van der Waals surface area contributed by atoms with Gasteiger partial charge in [-0.3, -0.25) is 0 Å². The van der Waals surface area contributed by atoms with E-state index in [0.29, 0.717) is 22.8 Å². The predicted octanol–water partition coefficient (Wildman–Crippen LogP) is 4.35. The molecule has 0 aliphatic heterocycles. The summed E-state index contributed by atoms with van der Waals surface area (Å²) in [6.45, 7) is 0. The normalized spacial score (nSPS) is 11.3. The first-order valence-corrected chi connectivity index (χ1v) is 7.66. The van der Waals surface area contributed by atoms with E-state index in [1.54, 1.807) is 12.1 Å². The molecule has 0 unspecified atom stereocenters. The van der Waals surface area contributed by atoms with Gasteiger partial charge in [0.15, 0.2) is 11.5 Å². The van der Waals surface area contributed by atoms with Gasteiger partial charge in [0.1, 0.15) is 5.75 Å². The first-order valence-electron chi connectivity index (χ1n) is 7.66. The zero-order chi connectivity index (χ0) is 20.0. The molecule has 2 rings (SSSR count). The Morgan fingerprint density at radius 2 is 1.52 bits per heavy atom. The van der Waals surface area contributed by atoms with Gasteiger partial charge in [-0.1, -0.05) is 12.1 Å². The molecule has 0 heterocycles. The van der Waals surface area contributed by atoms with Crippen molar-refractivity contribution in [2.45, 2.75) is 6.18 Å². The van der Waals surface area contributed by atoms with Gasteiger partial charge in [0.2, 0.25) is 5.75 Å². The smallest absolute Gasteiger partial charge is 0.419 e. The number of benzene rings is 2. The van der Waals surface area contributed by atoms with Gasteiger partial charge in [-0.15, -0.1) is 0 Å². The summed E-state index contributed by atoms with van der Waals surface area (Å²) in [5.41, 5.74) is -0.523. The molecule has 8 heteroatoms. The highest BCUT2D eigenvalue weighted by atomic mass is 19.4. The quantitative estimate of drug-likeness (QED) is 0.422. The van der Waals surface area contributed by atoms with Crippen molar-refractivity contribution < 1.29 is 36.9 Å². The van der Waals surface area contributed by atoms with Gasteiger partial charge < -0.3 is 18.9 Å². The highest BCUT2D eigenvalue weighted by Crippen LogP contribution is 2.39. The standard InChI is InChI=1S/C19H17F3O5/c1-24-15-10-12(11-16(25-2)18(15)26-3)8-9-17(23)27-14-7-5-4-6-13(14)19(20,21)22/h4-11H,1-3H3/b9-8+. The van der Waals surface area contributed by atoms with Crippen LogP contribution in [0.2, 0.25) is 0 Å². The maximum absolute atomic E-state index is 12.9. The zero-order valence-electron chi connectivity index (χ0n) is 14.8.